The summed E-state index contributed by atoms with van der Waals surface area (Å²) in [6.45, 7) is 0.765. The number of nitrogens with two attached hydrogens (primary N) is 1. The number of anilines is 2. The molecule has 0 unspecified atom stereocenters. The van der Waals surface area contributed by atoms with Gasteiger partial charge in [-0.05, 0) is 42.3 Å². The number of phenolic OH excluding ortho intramolecular Hbond substituents is 1. The number of phenols is 1. The van der Waals surface area contributed by atoms with Crippen molar-refractivity contribution in [3.8, 4) is 5.75 Å². The lowest BCUT2D eigenvalue weighted by molar-refractivity contribution is 0.468. The van der Waals surface area contributed by atoms with E-state index in [0.717, 1.165) is 24.2 Å². The molecule has 0 atom stereocenters. The Kier molecular flexibility index (Phi) is 3.50. The molecule has 0 amide bonds. The molecule has 0 saturated carbocycles. The molecule has 0 aromatic heterocycles. The van der Waals surface area contributed by atoms with E-state index in [-0.39, 0.29) is 0 Å². The highest BCUT2D eigenvalue weighted by molar-refractivity contribution is 5.48. The summed E-state index contributed by atoms with van der Waals surface area (Å²) in [5.41, 5.74) is 8.31. The Morgan fingerprint density at radius 1 is 1.06 bits per heavy atom. The van der Waals surface area contributed by atoms with Gasteiger partial charge in [0.15, 0.2) is 0 Å². The minimum Gasteiger partial charge on any atom is -0.508 e. The zero-order valence-electron chi connectivity index (χ0n) is 9.56. The third kappa shape index (κ3) is 3.14. The molecule has 0 aliphatic rings. The zero-order chi connectivity index (χ0) is 12.1. The van der Waals surface area contributed by atoms with Gasteiger partial charge in [0.25, 0.3) is 0 Å². The third-order valence-electron chi connectivity index (χ3n) is 2.60. The Morgan fingerprint density at radius 2 is 1.82 bits per heavy atom. The van der Waals surface area contributed by atoms with Crippen LogP contribution in [0.2, 0.25) is 0 Å². The van der Waals surface area contributed by atoms with Gasteiger partial charge in [0.2, 0.25) is 0 Å². The summed E-state index contributed by atoms with van der Waals surface area (Å²) in [5.74, 6) is 0.300. The van der Waals surface area contributed by atoms with E-state index in [1.165, 1.54) is 0 Å². The van der Waals surface area contributed by atoms with Crippen molar-refractivity contribution in [2.75, 3.05) is 17.6 Å². The minimum absolute atomic E-state index is 0.300. The van der Waals surface area contributed by atoms with Crippen molar-refractivity contribution in [1.29, 1.82) is 0 Å². The standard InChI is InChI=1S/C14H16N2O/c15-12-6-7-14(17)11(10-12)8-9-16-13-4-2-1-3-5-13/h1-7,10,16-17H,8-9,15H2. The molecule has 0 bridgehead atoms. The second-order valence-electron chi connectivity index (χ2n) is 3.93. The normalized spacial score (nSPS) is 10.1. The van der Waals surface area contributed by atoms with Gasteiger partial charge in [-0.3, -0.25) is 0 Å². The van der Waals surface area contributed by atoms with Crippen LogP contribution >= 0.6 is 0 Å². The number of aromatic hydroxyl groups is 1. The maximum absolute atomic E-state index is 9.65. The van der Waals surface area contributed by atoms with Crippen LogP contribution in [-0.4, -0.2) is 11.7 Å². The lowest BCUT2D eigenvalue weighted by atomic mass is 10.1. The van der Waals surface area contributed by atoms with E-state index in [2.05, 4.69) is 5.32 Å². The lowest BCUT2D eigenvalue weighted by Gasteiger charge is -2.08. The molecule has 0 aliphatic carbocycles. The predicted molar refractivity (Wildman–Crippen MR) is 71.2 cm³/mol. The Labute approximate surface area is 101 Å². The summed E-state index contributed by atoms with van der Waals surface area (Å²) < 4.78 is 0. The molecule has 3 heteroatoms. The quantitative estimate of drug-likeness (QED) is 0.557. The highest BCUT2D eigenvalue weighted by Gasteiger charge is 2.01. The fraction of sp³-hybridized carbons (Fsp3) is 0.143. The second-order valence-corrected chi connectivity index (χ2v) is 3.93. The van der Waals surface area contributed by atoms with E-state index in [0.29, 0.717) is 11.4 Å². The van der Waals surface area contributed by atoms with Gasteiger partial charge < -0.3 is 16.2 Å². The number of rotatable bonds is 4. The summed E-state index contributed by atoms with van der Waals surface area (Å²) in [7, 11) is 0. The molecule has 88 valence electrons. The van der Waals surface area contributed by atoms with Crippen molar-refractivity contribution in [3.05, 3.63) is 54.1 Å². The van der Waals surface area contributed by atoms with Crippen molar-refractivity contribution in [1.82, 2.24) is 0 Å². The number of hydrogen-bond donors (Lipinski definition) is 3. The van der Waals surface area contributed by atoms with Crippen LogP contribution in [0.25, 0.3) is 0 Å². The van der Waals surface area contributed by atoms with E-state index in [1.807, 2.05) is 36.4 Å². The molecule has 17 heavy (non-hydrogen) atoms. The first-order chi connectivity index (χ1) is 8.25. The van der Waals surface area contributed by atoms with Crippen LogP contribution in [0.5, 0.6) is 5.75 Å². The predicted octanol–water partition coefficient (Wildman–Crippen LogP) is 2.63. The number of nitrogens with one attached hydrogen (secondary N) is 1. The van der Waals surface area contributed by atoms with Crippen molar-refractivity contribution in [3.63, 3.8) is 0 Å². The molecule has 0 fully saturated rings. The van der Waals surface area contributed by atoms with Crippen molar-refractivity contribution >= 4 is 11.4 Å². The molecule has 0 radical (unpaired) electrons. The molecule has 0 saturated heterocycles. The molecular weight excluding hydrogens is 212 g/mol. The first kappa shape index (κ1) is 11.3. The van der Waals surface area contributed by atoms with Crippen LogP contribution < -0.4 is 11.1 Å². The highest BCUT2D eigenvalue weighted by atomic mass is 16.3. The van der Waals surface area contributed by atoms with Crippen LogP contribution in [0.1, 0.15) is 5.56 Å². The molecule has 2 aromatic carbocycles. The third-order valence-corrected chi connectivity index (χ3v) is 2.60. The van der Waals surface area contributed by atoms with Gasteiger partial charge in [-0.25, -0.2) is 0 Å². The Morgan fingerprint density at radius 3 is 2.59 bits per heavy atom. The fourth-order valence-corrected chi connectivity index (χ4v) is 1.70. The molecule has 4 N–H and O–H groups in total. The first-order valence-corrected chi connectivity index (χ1v) is 5.62. The molecule has 2 rings (SSSR count). The van der Waals surface area contributed by atoms with E-state index in [9.17, 15) is 5.11 Å². The highest BCUT2D eigenvalue weighted by Crippen LogP contribution is 2.20. The van der Waals surface area contributed by atoms with E-state index in [4.69, 9.17) is 5.73 Å². The maximum atomic E-state index is 9.65. The number of para-hydroxylation sites is 1. The van der Waals surface area contributed by atoms with E-state index < -0.39 is 0 Å². The minimum atomic E-state index is 0.300. The number of benzene rings is 2. The van der Waals surface area contributed by atoms with Crippen LogP contribution in [0, 0.1) is 0 Å². The maximum Gasteiger partial charge on any atom is 0.118 e. The average Bonchev–Trinajstić information content (AvgIpc) is 2.35. The smallest absolute Gasteiger partial charge is 0.118 e. The Balaban J connectivity index is 1.92. The van der Waals surface area contributed by atoms with Gasteiger partial charge in [0.1, 0.15) is 5.75 Å². The molecule has 2 aromatic rings. The van der Waals surface area contributed by atoms with Crippen molar-refractivity contribution < 1.29 is 5.11 Å². The fourth-order valence-electron chi connectivity index (χ4n) is 1.70. The Hall–Kier alpha value is -2.16. The van der Waals surface area contributed by atoms with E-state index >= 15 is 0 Å². The summed E-state index contributed by atoms with van der Waals surface area (Å²) in [6, 6.07) is 15.1. The molecule has 0 aliphatic heterocycles. The number of hydrogen-bond acceptors (Lipinski definition) is 3. The molecular formula is C14H16N2O. The van der Waals surface area contributed by atoms with Gasteiger partial charge >= 0.3 is 0 Å². The van der Waals surface area contributed by atoms with Crippen LogP contribution in [0.3, 0.4) is 0 Å². The zero-order valence-corrected chi connectivity index (χ0v) is 9.56. The van der Waals surface area contributed by atoms with Crippen molar-refractivity contribution in [2.24, 2.45) is 0 Å². The van der Waals surface area contributed by atoms with Gasteiger partial charge in [0, 0.05) is 17.9 Å². The van der Waals surface area contributed by atoms with Gasteiger partial charge in [-0.1, -0.05) is 18.2 Å². The SMILES string of the molecule is Nc1ccc(O)c(CCNc2ccccc2)c1. The lowest BCUT2D eigenvalue weighted by Crippen LogP contribution is -2.05. The summed E-state index contributed by atoms with van der Waals surface area (Å²) in [6.07, 6.45) is 0.742. The summed E-state index contributed by atoms with van der Waals surface area (Å²) in [4.78, 5) is 0. The van der Waals surface area contributed by atoms with Crippen LogP contribution in [-0.2, 0) is 6.42 Å². The largest absolute Gasteiger partial charge is 0.508 e. The molecule has 0 heterocycles. The number of nitrogen functional groups attached to an aromatic ring is 1. The van der Waals surface area contributed by atoms with E-state index in [1.54, 1.807) is 12.1 Å². The van der Waals surface area contributed by atoms with Gasteiger partial charge in [-0.15, -0.1) is 0 Å². The molecule has 0 spiro atoms. The van der Waals surface area contributed by atoms with Crippen molar-refractivity contribution in [2.45, 2.75) is 6.42 Å². The first-order valence-electron chi connectivity index (χ1n) is 5.62. The van der Waals surface area contributed by atoms with Gasteiger partial charge in [0.05, 0.1) is 0 Å². The monoisotopic (exact) mass is 228 g/mol. The van der Waals surface area contributed by atoms with Crippen LogP contribution in [0.4, 0.5) is 11.4 Å². The topological polar surface area (TPSA) is 58.3 Å². The van der Waals surface area contributed by atoms with Crippen LogP contribution in [0.15, 0.2) is 48.5 Å². The second kappa shape index (κ2) is 5.25. The summed E-state index contributed by atoms with van der Waals surface area (Å²) in [5, 5.41) is 12.9. The van der Waals surface area contributed by atoms with Gasteiger partial charge in [-0.2, -0.15) is 0 Å². The molecule has 3 nitrogen and oxygen atoms in total. The average molecular weight is 228 g/mol. The summed E-state index contributed by atoms with van der Waals surface area (Å²) >= 11 is 0. The Bertz CT molecular complexity index is 483.